The second-order valence-electron chi connectivity index (χ2n) is 6.27. The lowest BCUT2D eigenvalue weighted by Gasteiger charge is -2.25. The molecule has 0 aliphatic heterocycles. The number of carboxylic acid groups (broad SMARTS) is 1. The fourth-order valence-corrected chi connectivity index (χ4v) is 3.49. The lowest BCUT2D eigenvalue weighted by atomic mass is 9.96. The standard InChI is InChI=1S/C18H22N2O6S/c1-3-10-18(2,17(22)23)20-16(21)13-6-8-15(9-7-13)27(24,25)19-12-14-5-4-11-26-14/h4-9,11,19H,3,10,12H2,1-2H3,(H,20,21)(H,22,23). The molecule has 1 aromatic heterocycles. The van der Waals surface area contributed by atoms with Crippen molar-refractivity contribution in [3.05, 3.63) is 54.0 Å². The molecule has 0 saturated heterocycles. The van der Waals surface area contributed by atoms with Crippen LogP contribution < -0.4 is 10.0 Å². The summed E-state index contributed by atoms with van der Waals surface area (Å²) < 4.78 is 32.0. The number of carbonyl (C=O) groups excluding carboxylic acids is 1. The molecule has 8 nitrogen and oxygen atoms in total. The first-order valence-electron chi connectivity index (χ1n) is 8.36. The summed E-state index contributed by atoms with van der Waals surface area (Å²) in [5.41, 5.74) is -1.22. The number of furan rings is 1. The summed E-state index contributed by atoms with van der Waals surface area (Å²) >= 11 is 0. The SMILES string of the molecule is CCCC(C)(NC(=O)c1ccc(S(=O)(=O)NCc2ccco2)cc1)C(=O)O. The molecule has 1 amide bonds. The summed E-state index contributed by atoms with van der Waals surface area (Å²) in [6, 6.07) is 8.55. The molecule has 0 bridgehead atoms. The van der Waals surface area contributed by atoms with Gasteiger partial charge < -0.3 is 14.8 Å². The molecule has 146 valence electrons. The van der Waals surface area contributed by atoms with Crippen LogP contribution in [0.1, 0.15) is 42.8 Å². The number of carbonyl (C=O) groups is 2. The van der Waals surface area contributed by atoms with Gasteiger partial charge in [-0.05, 0) is 49.7 Å². The van der Waals surface area contributed by atoms with Gasteiger partial charge in [0.1, 0.15) is 11.3 Å². The third kappa shape index (κ3) is 5.18. The Morgan fingerprint density at radius 2 is 1.85 bits per heavy atom. The van der Waals surface area contributed by atoms with Gasteiger partial charge in [0.25, 0.3) is 5.91 Å². The van der Waals surface area contributed by atoms with Gasteiger partial charge in [-0.3, -0.25) is 4.79 Å². The summed E-state index contributed by atoms with van der Waals surface area (Å²) in [5.74, 6) is -1.24. The van der Waals surface area contributed by atoms with E-state index in [1.54, 1.807) is 12.1 Å². The maximum Gasteiger partial charge on any atom is 0.329 e. The molecule has 2 aromatic rings. The molecule has 1 aromatic carbocycles. The third-order valence-electron chi connectivity index (χ3n) is 4.05. The minimum atomic E-state index is -3.77. The highest BCUT2D eigenvalue weighted by atomic mass is 32.2. The second kappa shape index (κ2) is 8.36. The van der Waals surface area contributed by atoms with Crippen LogP contribution in [0.25, 0.3) is 0 Å². The van der Waals surface area contributed by atoms with E-state index in [9.17, 15) is 23.1 Å². The second-order valence-corrected chi connectivity index (χ2v) is 8.04. The van der Waals surface area contributed by atoms with Crippen LogP contribution >= 0.6 is 0 Å². The Morgan fingerprint density at radius 1 is 1.19 bits per heavy atom. The molecule has 9 heteroatoms. The van der Waals surface area contributed by atoms with Gasteiger partial charge in [0.2, 0.25) is 10.0 Å². The van der Waals surface area contributed by atoms with Crippen molar-refractivity contribution in [3.8, 4) is 0 Å². The summed E-state index contributed by atoms with van der Waals surface area (Å²) in [6.07, 6.45) is 2.30. The fraction of sp³-hybridized carbons (Fsp3) is 0.333. The van der Waals surface area contributed by atoms with Crippen LogP contribution in [0.5, 0.6) is 0 Å². The number of sulfonamides is 1. The summed E-state index contributed by atoms with van der Waals surface area (Å²) in [4.78, 5) is 23.7. The average Bonchev–Trinajstić information content (AvgIpc) is 3.14. The first-order chi connectivity index (χ1) is 12.7. The molecule has 0 radical (unpaired) electrons. The number of hydrogen-bond donors (Lipinski definition) is 3. The molecule has 2 rings (SSSR count). The predicted molar refractivity (Wildman–Crippen MR) is 97.6 cm³/mol. The van der Waals surface area contributed by atoms with Crippen molar-refractivity contribution in [2.24, 2.45) is 0 Å². The summed E-state index contributed by atoms with van der Waals surface area (Å²) in [5, 5.41) is 11.8. The van der Waals surface area contributed by atoms with Crippen molar-refractivity contribution < 1.29 is 27.5 Å². The van der Waals surface area contributed by atoms with Crippen LogP contribution in [-0.4, -0.2) is 30.9 Å². The van der Waals surface area contributed by atoms with Gasteiger partial charge in [-0.1, -0.05) is 13.3 Å². The van der Waals surface area contributed by atoms with E-state index in [1.807, 2.05) is 6.92 Å². The number of nitrogens with one attached hydrogen (secondary N) is 2. The van der Waals surface area contributed by atoms with Gasteiger partial charge in [-0.25, -0.2) is 17.9 Å². The molecular weight excluding hydrogens is 372 g/mol. The largest absolute Gasteiger partial charge is 0.480 e. The van der Waals surface area contributed by atoms with Crippen molar-refractivity contribution in [2.45, 2.75) is 43.7 Å². The van der Waals surface area contributed by atoms with E-state index in [0.29, 0.717) is 12.2 Å². The average molecular weight is 394 g/mol. The maximum atomic E-state index is 12.3. The minimum absolute atomic E-state index is 0.00551. The van der Waals surface area contributed by atoms with Crippen LogP contribution in [0.15, 0.2) is 52.0 Å². The van der Waals surface area contributed by atoms with Gasteiger partial charge in [0, 0.05) is 5.56 Å². The zero-order valence-corrected chi connectivity index (χ0v) is 15.9. The number of carboxylic acids is 1. The molecule has 1 atom stereocenters. The lowest BCUT2D eigenvalue weighted by Crippen LogP contribution is -2.52. The van der Waals surface area contributed by atoms with Crippen LogP contribution in [-0.2, 0) is 21.4 Å². The van der Waals surface area contributed by atoms with E-state index in [1.165, 1.54) is 37.5 Å². The molecule has 27 heavy (non-hydrogen) atoms. The normalized spacial score (nSPS) is 13.7. The Labute approximate surface area is 157 Å². The minimum Gasteiger partial charge on any atom is -0.480 e. The first kappa shape index (κ1) is 20.7. The van der Waals surface area contributed by atoms with E-state index in [0.717, 1.165) is 0 Å². The van der Waals surface area contributed by atoms with Gasteiger partial charge in [-0.2, -0.15) is 0 Å². The number of benzene rings is 1. The Bertz CT molecular complexity index is 890. The lowest BCUT2D eigenvalue weighted by molar-refractivity contribution is -0.144. The quantitative estimate of drug-likeness (QED) is 0.598. The van der Waals surface area contributed by atoms with E-state index >= 15 is 0 Å². The van der Waals surface area contributed by atoms with Crippen LogP contribution in [0.4, 0.5) is 0 Å². The predicted octanol–water partition coefficient (Wildman–Crippen LogP) is 2.13. The molecular formula is C18H22N2O6S. The molecule has 0 spiro atoms. The summed E-state index contributed by atoms with van der Waals surface area (Å²) in [7, 11) is -3.77. The van der Waals surface area contributed by atoms with E-state index in [4.69, 9.17) is 4.42 Å². The Hall–Kier alpha value is -2.65. The smallest absolute Gasteiger partial charge is 0.329 e. The highest BCUT2D eigenvalue weighted by Crippen LogP contribution is 2.16. The van der Waals surface area contributed by atoms with Crippen molar-refractivity contribution in [1.29, 1.82) is 0 Å². The molecule has 3 N–H and O–H groups in total. The van der Waals surface area contributed by atoms with Crippen molar-refractivity contribution in [3.63, 3.8) is 0 Å². The number of aliphatic carboxylic acids is 1. The van der Waals surface area contributed by atoms with Crippen molar-refractivity contribution >= 4 is 21.9 Å². The van der Waals surface area contributed by atoms with E-state index in [2.05, 4.69) is 10.0 Å². The summed E-state index contributed by atoms with van der Waals surface area (Å²) in [6.45, 7) is 3.27. The fourth-order valence-electron chi connectivity index (χ4n) is 2.49. The molecule has 1 heterocycles. The Morgan fingerprint density at radius 3 is 2.37 bits per heavy atom. The number of rotatable bonds is 9. The van der Waals surface area contributed by atoms with Crippen molar-refractivity contribution in [2.75, 3.05) is 0 Å². The number of amides is 1. The van der Waals surface area contributed by atoms with Crippen molar-refractivity contribution in [1.82, 2.24) is 10.0 Å². The van der Waals surface area contributed by atoms with Gasteiger partial charge in [0.05, 0.1) is 17.7 Å². The number of hydrogen-bond acceptors (Lipinski definition) is 5. The van der Waals surface area contributed by atoms with Gasteiger partial charge in [0.15, 0.2) is 0 Å². The topological polar surface area (TPSA) is 126 Å². The molecule has 0 aliphatic rings. The highest BCUT2D eigenvalue weighted by molar-refractivity contribution is 7.89. The Balaban J connectivity index is 2.09. The zero-order chi connectivity index (χ0) is 20.1. The van der Waals surface area contributed by atoms with Gasteiger partial charge >= 0.3 is 5.97 Å². The third-order valence-corrected chi connectivity index (χ3v) is 5.47. The molecule has 1 unspecified atom stereocenters. The zero-order valence-electron chi connectivity index (χ0n) is 15.1. The Kier molecular flexibility index (Phi) is 6.40. The monoisotopic (exact) mass is 394 g/mol. The molecule has 0 aliphatic carbocycles. The van der Waals surface area contributed by atoms with Crippen LogP contribution in [0.3, 0.4) is 0 Å². The molecule has 0 saturated carbocycles. The maximum absolute atomic E-state index is 12.3. The highest BCUT2D eigenvalue weighted by Gasteiger charge is 2.34. The van der Waals surface area contributed by atoms with Gasteiger partial charge in [-0.15, -0.1) is 0 Å². The van der Waals surface area contributed by atoms with E-state index < -0.39 is 27.4 Å². The molecule has 0 fully saturated rings. The van der Waals surface area contributed by atoms with Crippen LogP contribution in [0, 0.1) is 0 Å². The van der Waals surface area contributed by atoms with E-state index in [-0.39, 0.29) is 23.4 Å². The first-order valence-corrected chi connectivity index (χ1v) is 9.84. The van der Waals surface area contributed by atoms with Crippen LogP contribution in [0.2, 0.25) is 0 Å².